The summed E-state index contributed by atoms with van der Waals surface area (Å²) in [6, 6.07) is 1.40. The molecule has 1 heterocycles. The second-order valence-corrected chi connectivity index (χ2v) is 5.15. The zero-order valence-electron chi connectivity index (χ0n) is 7.87. The standard InChI is InChI=1S/C8H8Cl2N2O3S/c9-5-1-3(6(10)16-5)8(15)12-2-4(13)7(11)14/h1,4,13H,2H2,(H2,11,14)(H,12,15). The molecule has 0 saturated heterocycles. The van der Waals surface area contributed by atoms with Gasteiger partial charge in [0.15, 0.2) is 0 Å². The molecule has 4 N–H and O–H groups in total. The fourth-order valence-corrected chi connectivity index (χ4v) is 2.34. The summed E-state index contributed by atoms with van der Waals surface area (Å²) in [4.78, 5) is 22.0. The quantitative estimate of drug-likeness (QED) is 0.756. The Labute approximate surface area is 105 Å². The number of nitrogens with one attached hydrogen (secondary N) is 1. The number of nitrogens with two attached hydrogens (primary N) is 1. The molecule has 0 fully saturated rings. The summed E-state index contributed by atoms with van der Waals surface area (Å²) in [5.41, 5.74) is 5.01. The van der Waals surface area contributed by atoms with Crippen molar-refractivity contribution in [1.82, 2.24) is 5.32 Å². The molecule has 1 aromatic rings. The van der Waals surface area contributed by atoms with Crippen molar-refractivity contribution in [3.8, 4) is 0 Å². The highest BCUT2D eigenvalue weighted by Gasteiger charge is 2.16. The number of primary amides is 1. The average molecular weight is 283 g/mol. The highest BCUT2D eigenvalue weighted by molar-refractivity contribution is 7.20. The van der Waals surface area contributed by atoms with E-state index in [-0.39, 0.29) is 16.4 Å². The van der Waals surface area contributed by atoms with Gasteiger partial charge in [-0.25, -0.2) is 0 Å². The third-order valence-corrected chi connectivity index (χ3v) is 3.17. The van der Waals surface area contributed by atoms with Crippen molar-refractivity contribution in [3.63, 3.8) is 0 Å². The first-order valence-electron chi connectivity index (χ1n) is 4.12. The van der Waals surface area contributed by atoms with Crippen molar-refractivity contribution < 1.29 is 14.7 Å². The van der Waals surface area contributed by atoms with E-state index in [1.165, 1.54) is 6.07 Å². The molecule has 88 valence electrons. The van der Waals surface area contributed by atoms with E-state index in [1.807, 2.05) is 0 Å². The molecule has 0 aliphatic heterocycles. The predicted octanol–water partition coefficient (Wildman–Crippen LogP) is 0.631. The van der Waals surface area contributed by atoms with Crippen molar-refractivity contribution in [1.29, 1.82) is 0 Å². The van der Waals surface area contributed by atoms with Crippen molar-refractivity contribution in [2.24, 2.45) is 5.73 Å². The average Bonchev–Trinajstić information content (AvgIpc) is 2.53. The number of amides is 2. The molecule has 0 spiro atoms. The van der Waals surface area contributed by atoms with Gasteiger partial charge >= 0.3 is 0 Å². The summed E-state index contributed by atoms with van der Waals surface area (Å²) in [5, 5.41) is 11.4. The Balaban J connectivity index is 2.60. The van der Waals surface area contributed by atoms with Crippen LogP contribution in [0.5, 0.6) is 0 Å². The number of carbonyl (C=O) groups excluding carboxylic acids is 2. The van der Waals surface area contributed by atoms with Crippen LogP contribution in [0.2, 0.25) is 8.67 Å². The summed E-state index contributed by atoms with van der Waals surface area (Å²) in [6.07, 6.45) is -1.42. The summed E-state index contributed by atoms with van der Waals surface area (Å²) >= 11 is 12.4. The number of hydrogen-bond donors (Lipinski definition) is 3. The number of halogens is 2. The van der Waals surface area contributed by atoms with Crippen LogP contribution >= 0.6 is 34.5 Å². The normalized spacial score (nSPS) is 12.2. The molecule has 1 atom stereocenters. The van der Waals surface area contributed by atoms with Crippen LogP contribution in [0.4, 0.5) is 0 Å². The minimum Gasteiger partial charge on any atom is -0.381 e. The fourth-order valence-electron chi connectivity index (χ4n) is 0.880. The fraction of sp³-hybridized carbons (Fsp3) is 0.250. The highest BCUT2D eigenvalue weighted by Crippen LogP contribution is 2.30. The molecule has 1 unspecified atom stereocenters. The zero-order chi connectivity index (χ0) is 12.3. The van der Waals surface area contributed by atoms with E-state index in [9.17, 15) is 9.59 Å². The maximum absolute atomic E-state index is 11.5. The van der Waals surface area contributed by atoms with Crippen LogP contribution in [-0.2, 0) is 4.79 Å². The van der Waals surface area contributed by atoms with Crippen LogP contribution in [-0.4, -0.2) is 29.6 Å². The third-order valence-electron chi connectivity index (χ3n) is 1.69. The van der Waals surface area contributed by atoms with Crippen molar-refractivity contribution in [2.45, 2.75) is 6.10 Å². The monoisotopic (exact) mass is 282 g/mol. The second-order valence-electron chi connectivity index (χ2n) is 2.87. The molecular weight excluding hydrogens is 275 g/mol. The van der Waals surface area contributed by atoms with Gasteiger partial charge in [0, 0.05) is 0 Å². The number of rotatable bonds is 4. The molecule has 0 aliphatic carbocycles. The summed E-state index contributed by atoms with van der Waals surface area (Å²) in [7, 11) is 0. The largest absolute Gasteiger partial charge is 0.381 e. The molecule has 0 aromatic carbocycles. The molecular formula is C8H8Cl2N2O3S. The number of carbonyl (C=O) groups is 2. The Morgan fingerprint density at radius 2 is 2.19 bits per heavy atom. The van der Waals surface area contributed by atoms with Gasteiger partial charge in [0.05, 0.1) is 16.4 Å². The van der Waals surface area contributed by atoms with E-state index in [0.29, 0.717) is 4.34 Å². The van der Waals surface area contributed by atoms with Gasteiger partial charge in [-0.05, 0) is 6.07 Å². The van der Waals surface area contributed by atoms with Crippen molar-refractivity contribution in [2.75, 3.05) is 6.54 Å². The van der Waals surface area contributed by atoms with E-state index in [4.69, 9.17) is 34.0 Å². The minimum atomic E-state index is -1.42. The minimum absolute atomic E-state index is 0.202. The van der Waals surface area contributed by atoms with Crippen molar-refractivity contribution >= 4 is 46.4 Å². The van der Waals surface area contributed by atoms with Gasteiger partial charge in [-0.3, -0.25) is 9.59 Å². The number of aliphatic hydroxyl groups excluding tert-OH is 1. The maximum atomic E-state index is 11.5. The Bertz CT molecular complexity index is 421. The van der Waals surface area contributed by atoms with E-state index < -0.39 is 17.9 Å². The van der Waals surface area contributed by atoms with E-state index in [1.54, 1.807) is 0 Å². The SMILES string of the molecule is NC(=O)C(O)CNC(=O)c1cc(Cl)sc1Cl. The molecule has 0 bridgehead atoms. The zero-order valence-corrected chi connectivity index (χ0v) is 10.2. The number of aliphatic hydroxyl groups is 1. The van der Waals surface area contributed by atoms with Gasteiger partial charge < -0.3 is 16.2 Å². The summed E-state index contributed by atoms with van der Waals surface area (Å²) < 4.78 is 0.627. The molecule has 16 heavy (non-hydrogen) atoms. The summed E-state index contributed by atoms with van der Waals surface area (Å²) in [5.74, 6) is -1.43. The first-order chi connectivity index (χ1) is 7.41. The van der Waals surface area contributed by atoms with Gasteiger partial charge in [0.25, 0.3) is 5.91 Å². The highest BCUT2D eigenvalue weighted by atomic mass is 35.5. The van der Waals surface area contributed by atoms with Crippen LogP contribution in [0.15, 0.2) is 6.07 Å². The molecule has 1 aromatic heterocycles. The lowest BCUT2D eigenvalue weighted by molar-refractivity contribution is -0.125. The van der Waals surface area contributed by atoms with Crippen LogP contribution in [0.3, 0.4) is 0 Å². The van der Waals surface area contributed by atoms with Gasteiger partial charge in [-0.2, -0.15) is 0 Å². The number of thiophene rings is 1. The Morgan fingerprint density at radius 3 is 2.62 bits per heavy atom. The van der Waals surface area contributed by atoms with Crippen LogP contribution in [0.1, 0.15) is 10.4 Å². The van der Waals surface area contributed by atoms with Gasteiger partial charge in [0.1, 0.15) is 10.4 Å². The second kappa shape index (κ2) is 5.49. The lowest BCUT2D eigenvalue weighted by Gasteiger charge is -2.07. The molecule has 0 saturated carbocycles. The van der Waals surface area contributed by atoms with Crippen LogP contribution < -0.4 is 11.1 Å². The molecule has 5 nitrogen and oxygen atoms in total. The number of hydrogen-bond acceptors (Lipinski definition) is 4. The lowest BCUT2D eigenvalue weighted by atomic mass is 10.3. The van der Waals surface area contributed by atoms with Crippen molar-refractivity contribution in [3.05, 3.63) is 20.3 Å². The van der Waals surface area contributed by atoms with Gasteiger partial charge in [0.2, 0.25) is 5.91 Å². The lowest BCUT2D eigenvalue weighted by Crippen LogP contribution is -2.39. The molecule has 0 radical (unpaired) electrons. The van der Waals surface area contributed by atoms with Crippen LogP contribution in [0.25, 0.3) is 0 Å². The molecule has 8 heteroatoms. The maximum Gasteiger partial charge on any atom is 0.253 e. The van der Waals surface area contributed by atoms with E-state index >= 15 is 0 Å². The molecule has 1 rings (SSSR count). The van der Waals surface area contributed by atoms with Crippen LogP contribution in [0, 0.1) is 0 Å². The van der Waals surface area contributed by atoms with Gasteiger partial charge in [-0.1, -0.05) is 23.2 Å². The summed E-state index contributed by atoms with van der Waals surface area (Å²) in [6.45, 7) is -0.266. The van der Waals surface area contributed by atoms with Gasteiger partial charge in [-0.15, -0.1) is 11.3 Å². The van der Waals surface area contributed by atoms with E-state index in [0.717, 1.165) is 11.3 Å². The Morgan fingerprint density at radius 1 is 1.56 bits per heavy atom. The Kier molecular flexibility index (Phi) is 4.55. The molecule has 2 amide bonds. The topological polar surface area (TPSA) is 92.4 Å². The third kappa shape index (κ3) is 3.34. The predicted molar refractivity (Wildman–Crippen MR) is 61.9 cm³/mol. The smallest absolute Gasteiger partial charge is 0.253 e. The molecule has 0 aliphatic rings. The first kappa shape index (κ1) is 13.2. The van der Waals surface area contributed by atoms with E-state index in [2.05, 4.69) is 5.32 Å². The first-order valence-corrected chi connectivity index (χ1v) is 5.69. The Hall–Kier alpha value is -0.820.